The minimum Gasteiger partial charge on any atom is -0.668 e. The van der Waals surface area contributed by atoms with Crippen LogP contribution in [0.5, 0.6) is 0 Å². The third-order valence-corrected chi connectivity index (χ3v) is 0.843. The summed E-state index contributed by atoms with van der Waals surface area (Å²) < 4.78 is 0. The van der Waals surface area contributed by atoms with Crippen molar-refractivity contribution in [1.82, 2.24) is 0 Å². The fourth-order valence-electron chi connectivity index (χ4n) is 0.478. The number of hydrogen-bond donors (Lipinski definition) is 0. The Labute approximate surface area is 123 Å². The summed E-state index contributed by atoms with van der Waals surface area (Å²) in [5, 5.41) is 10.5. The Balaban J connectivity index is -0.0000000734. The molecule has 1 aromatic carbocycles. The molecule has 4 heteroatoms. The van der Waals surface area contributed by atoms with Gasteiger partial charge in [-0.1, -0.05) is 6.07 Å². The molecule has 3 nitrogen and oxygen atoms in total. The van der Waals surface area contributed by atoms with Crippen molar-refractivity contribution >= 4 is 0 Å². The first-order chi connectivity index (χ1) is 7.64. The zero-order valence-corrected chi connectivity index (χ0v) is 15.1. The van der Waals surface area contributed by atoms with Crippen LogP contribution in [0.2, 0.25) is 0 Å². The molecule has 0 N–H and O–H groups in total. The van der Waals surface area contributed by atoms with Gasteiger partial charge in [0.05, 0.1) is 0 Å². The maximum atomic E-state index is 3.72. The van der Waals surface area contributed by atoms with Crippen LogP contribution in [0.4, 0.5) is 0 Å². The monoisotopic (exact) mass is 404 g/mol. The number of benzene rings is 1. The predicted molar refractivity (Wildman–Crippen MR) is 76.5 cm³/mol. The van der Waals surface area contributed by atoms with Gasteiger partial charge in [-0.15, -0.1) is 12.1 Å². The van der Waals surface area contributed by atoms with E-state index in [0.717, 1.165) is 5.56 Å². The summed E-state index contributed by atoms with van der Waals surface area (Å²) in [6.45, 7) is 3.72. The minimum absolute atomic E-state index is 0. The van der Waals surface area contributed by atoms with Gasteiger partial charge in [0.2, 0.25) is 0 Å². The summed E-state index contributed by atoms with van der Waals surface area (Å²) in [4.78, 5) is 0. The van der Waals surface area contributed by atoms with Crippen molar-refractivity contribution in [3.63, 3.8) is 0 Å². The largest absolute Gasteiger partial charge is 0.668 e. The van der Waals surface area contributed by atoms with Crippen LogP contribution in [0.15, 0.2) is 30.3 Å². The molecular formula is C13H25N3Ta-4. The first kappa shape index (κ1) is 25.5. The summed E-state index contributed by atoms with van der Waals surface area (Å²) in [7, 11) is 10.5. The molecule has 1 radical (unpaired) electrons. The van der Waals surface area contributed by atoms with E-state index in [4.69, 9.17) is 0 Å². The SMILES string of the molecule is C[N-]C.C[N-]C.C[N-]C.[CH2-]c1ccccc1.[Ta]. The van der Waals surface area contributed by atoms with Crippen molar-refractivity contribution in [2.45, 2.75) is 0 Å². The molecule has 0 bridgehead atoms. The topological polar surface area (TPSA) is 42.3 Å². The molecule has 1 rings (SSSR count). The van der Waals surface area contributed by atoms with Crippen molar-refractivity contribution in [2.24, 2.45) is 0 Å². The zero-order valence-electron chi connectivity index (χ0n) is 11.9. The molecule has 17 heavy (non-hydrogen) atoms. The van der Waals surface area contributed by atoms with Gasteiger partial charge in [-0.3, -0.25) is 0 Å². The molecule has 0 heterocycles. The second-order valence-electron chi connectivity index (χ2n) is 2.83. The van der Waals surface area contributed by atoms with E-state index >= 15 is 0 Å². The predicted octanol–water partition coefficient (Wildman–Crippen LogP) is 3.73. The van der Waals surface area contributed by atoms with E-state index in [9.17, 15) is 0 Å². The third-order valence-electron chi connectivity index (χ3n) is 0.843. The smallest absolute Gasteiger partial charge is 0 e. The van der Waals surface area contributed by atoms with Gasteiger partial charge in [0.1, 0.15) is 0 Å². The molecule has 1 aromatic rings. The van der Waals surface area contributed by atoms with E-state index in [1.165, 1.54) is 0 Å². The molecular weight excluding hydrogens is 379 g/mol. The average Bonchev–Trinajstić information content (AvgIpc) is 2.22. The number of nitrogens with zero attached hydrogens (tertiary/aromatic N) is 3. The second kappa shape index (κ2) is 29.6. The zero-order chi connectivity index (χ0) is 13.2. The molecule has 0 atom stereocenters. The van der Waals surface area contributed by atoms with Gasteiger partial charge >= 0.3 is 0 Å². The van der Waals surface area contributed by atoms with E-state index in [1.807, 2.05) is 30.3 Å². The summed E-state index contributed by atoms with van der Waals surface area (Å²) in [5.74, 6) is 0. The molecule has 0 aromatic heterocycles. The van der Waals surface area contributed by atoms with Crippen LogP contribution in [-0.4, -0.2) is 42.3 Å². The molecule has 0 aliphatic rings. The van der Waals surface area contributed by atoms with Gasteiger partial charge in [0.25, 0.3) is 0 Å². The molecule has 0 amide bonds. The van der Waals surface area contributed by atoms with Crippen molar-refractivity contribution in [3.05, 3.63) is 58.8 Å². The second-order valence-corrected chi connectivity index (χ2v) is 2.83. The fourth-order valence-corrected chi connectivity index (χ4v) is 0.478. The van der Waals surface area contributed by atoms with Crippen LogP contribution in [0.25, 0.3) is 16.0 Å². The molecule has 0 saturated heterocycles. The van der Waals surface area contributed by atoms with Crippen LogP contribution < -0.4 is 0 Å². The Morgan fingerprint density at radius 1 is 0.706 bits per heavy atom. The first-order valence-electron chi connectivity index (χ1n) is 4.95. The summed E-state index contributed by atoms with van der Waals surface area (Å²) in [6, 6.07) is 9.87. The quantitative estimate of drug-likeness (QED) is 0.592. The van der Waals surface area contributed by atoms with E-state index in [0.29, 0.717) is 0 Å². The van der Waals surface area contributed by atoms with Crippen molar-refractivity contribution in [1.29, 1.82) is 0 Å². The standard InChI is InChI=1S/C7H7.3C2H6N.Ta/c1-7-5-3-2-4-6-7;3*1-3-2;/h2-6H,1H2;3*1-2H3;/q4*-1;. The van der Waals surface area contributed by atoms with Crippen molar-refractivity contribution in [3.8, 4) is 0 Å². The average molecular weight is 404 g/mol. The van der Waals surface area contributed by atoms with Gasteiger partial charge < -0.3 is 16.0 Å². The number of rotatable bonds is 0. The van der Waals surface area contributed by atoms with Crippen LogP contribution in [0, 0.1) is 6.92 Å². The van der Waals surface area contributed by atoms with Gasteiger partial charge in [-0.25, -0.2) is 0 Å². The first-order valence-corrected chi connectivity index (χ1v) is 4.95. The van der Waals surface area contributed by atoms with Gasteiger partial charge in [-0.2, -0.15) is 66.9 Å². The van der Waals surface area contributed by atoms with Gasteiger partial charge in [0.15, 0.2) is 0 Å². The molecule has 0 spiro atoms. The minimum atomic E-state index is 0. The Morgan fingerprint density at radius 3 is 1.06 bits per heavy atom. The van der Waals surface area contributed by atoms with Crippen molar-refractivity contribution in [2.75, 3.05) is 42.3 Å². The molecule has 0 fully saturated rings. The maximum Gasteiger partial charge on any atom is 0 e. The summed E-state index contributed by atoms with van der Waals surface area (Å²) in [5.41, 5.74) is 1.07. The normalized spacial score (nSPS) is 6.71. The molecule has 0 aliphatic heterocycles. The summed E-state index contributed by atoms with van der Waals surface area (Å²) >= 11 is 0. The molecule has 0 aliphatic carbocycles. The van der Waals surface area contributed by atoms with Gasteiger partial charge in [0, 0.05) is 22.4 Å². The maximum absolute atomic E-state index is 3.72. The Morgan fingerprint density at radius 2 is 0.941 bits per heavy atom. The Bertz CT molecular complexity index is 177. The number of hydrogen-bond acceptors (Lipinski definition) is 0. The van der Waals surface area contributed by atoms with Crippen molar-refractivity contribution < 1.29 is 22.4 Å². The van der Waals surface area contributed by atoms with E-state index in [1.54, 1.807) is 42.3 Å². The van der Waals surface area contributed by atoms with E-state index < -0.39 is 0 Å². The van der Waals surface area contributed by atoms with E-state index in [2.05, 4.69) is 22.9 Å². The van der Waals surface area contributed by atoms with Crippen LogP contribution in [0.1, 0.15) is 5.56 Å². The fraction of sp³-hybridized carbons (Fsp3) is 0.462. The molecule has 101 valence electrons. The van der Waals surface area contributed by atoms with Crippen LogP contribution >= 0.6 is 0 Å². The van der Waals surface area contributed by atoms with Crippen LogP contribution in [-0.2, 0) is 22.4 Å². The third kappa shape index (κ3) is 49.7. The van der Waals surface area contributed by atoms with Crippen LogP contribution in [0.3, 0.4) is 0 Å². The molecule has 0 unspecified atom stereocenters. The Hall–Kier alpha value is -0.290. The molecule has 0 saturated carbocycles. The van der Waals surface area contributed by atoms with E-state index in [-0.39, 0.29) is 22.4 Å². The Kier molecular flexibility index (Phi) is 44.5. The van der Waals surface area contributed by atoms with Gasteiger partial charge in [-0.05, 0) is 0 Å². The summed E-state index contributed by atoms with van der Waals surface area (Å²) in [6.07, 6.45) is 0.